The van der Waals surface area contributed by atoms with Crippen LogP contribution in [0.1, 0.15) is 60.8 Å². The fraction of sp³-hybridized carbons (Fsp3) is 0.417. The normalized spacial score (nSPS) is 13.5. The highest BCUT2D eigenvalue weighted by molar-refractivity contribution is 5.98. The summed E-state index contributed by atoms with van der Waals surface area (Å²) in [6.07, 6.45) is 0.784. The molecule has 9 heteroatoms. The number of carbonyl (C=O) groups is 3. The van der Waals surface area contributed by atoms with E-state index in [0.717, 1.165) is 16.7 Å². The maximum Gasteiger partial charge on any atom is 0.328 e. The molecule has 0 saturated heterocycles. The van der Waals surface area contributed by atoms with Gasteiger partial charge in [-0.05, 0) is 56.5 Å². The molecule has 8 nitrogen and oxygen atoms in total. The van der Waals surface area contributed by atoms with Gasteiger partial charge in [0.15, 0.2) is 11.4 Å². The van der Waals surface area contributed by atoms with Crippen molar-refractivity contribution in [1.29, 1.82) is 0 Å². The summed E-state index contributed by atoms with van der Waals surface area (Å²) in [5, 5.41) is 2.50. The number of ether oxygens (including phenoxy) is 3. The number of aromatic nitrogens is 1. The Morgan fingerprint density at radius 2 is 1.70 bits per heavy atom. The molecule has 0 aliphatic rings. The van der Waals surface area contributed by atoms with E-state index in [4.69, 9.17) is 14.2 Å². The first-order valence-electron chi connectivity index (χ1n) is 10.5. The first-order chi connectivity index (χ1) is 15.5. The summed E-state index contributed by atoms with van der Waals surface area (Å²) in [6, 6.07) is 3.31. The zero-order valence-electron chi connectivity index (χ0n) is 19.8. The van der Waals surface area contributed by atoms with E-state index in [1.54, 1.807) is 20.8 Å². The monoisotopic (exact) mass is 460 g/mol. The van der Waals surface area contributed by atoms with Gasteiger partial charge in [-0.25, -0.2) is 14.2 Å². The van der Waals surface area contributed by atoms with Gasteiger partial charge >= 0.3 is 11.9 Å². The molecular formula is C24H29FN2O6. The predicted molar refractivity (Wildman–Crippen MR) is 119 cm³/mol. The van der Waals surface area contributed by atoms with Crippen molar-refractivity contribution in [1.82, 2.24) is 10.3 Å². The van der Waals surface area contributed by atoms with Gasteiger partial charge in [0.05, 0.1) is 7.11 Å². The van der Waals surface area contributed by atoms with Crippen LogP contribution in [-0.2, 0) is 14.3 Å². The Bertz CT molecular complexity index is 1030. The molecule has 0 unspecified atom stereocenters. The van der Waals surface area contributed by atoms with E-state index in [-0.39, 0.29) is 28.9 Å². The summed E-state index contributed by atoms with van der Waals surface area (Å²) < 4.78 is 29.4. The summed E-state index contributed by atoms with van der Waals surface area (Å²) in [4.78, 5) is 40.7. The lowest BCUT2D eigenvalue weighted by molar-refractivity contribution is -0.151. The smallest absolute Gasteiger partial charge is 0.328 e. The van der Waals surface area contributed by atoms with E-state index >= 15 is 0 Å². The second-order valence-corrected chi connectivity index (χ2v) is 7.86. The van der Waals surface area contributed by atoms with Crippen molar-refractivity contribution in [3.63, 3.8) is 0 Å². The average Bonchev–Trinajstić information content (AvgIpc) is 2.72. The molecule has 1 amide bonds. The summed E-state index contributed by atoms with van der Waals surface area (Å²) in [6.45, 7) is 9.89. The minimum atomic E-state index is -1.01. The Morgan fingerprint density at radius 1 is 1.09 bits per heavy atom. The summed E-state index contributed by atoms with van der Waals surface area (Å²) in [5.74, 6) is -2.56. The Morgan fingerprint density at radius 3 is 2.24 bits per heavy atom. The van der Waals surface area contributed by atoms with Crippen LogP contribution in [0.5, 0.6) is 11.5 Å². The van der Waals surface area contributed by atoms with Gasteiger partial charge in [0.2, 0.25) is 5.75 Å². The molecular weight excluding hydrogens is 431 g/mol. The van der Waals surface area contributed by atoms with E-state index in [2.05, 4.69) is 10.3 Å². The number of pyridine rings is 1. The molecule has 3 atom stereocenters. The third kappa shape index (κ3) is 6.27. The lowest BCUT2D eigenvalue weighted by atomic mass is 9.88. The topological polar surface area (TPSA) is 104 Å². The highest BCUT2D eigenvalue weighted by Gasteiger charge is 2.27. The lowest BCUT2D eigenvalue weighted by Crippen LogP contribution is -2.41. The molecule has 1 aromatic heterocycles. The summed E-state index contributed by atoms with van der Waals surface area (Å²) in [7, 11) is 1.36. The maximum absolute atomic E-state index is 13.6. The van der Waals surface area contributed by atoms with Crippen LogP contribution in [0.4, 0.5) is 4.39 Å². The van der Waals surface area contributed by atoms with Gasteiger partial charge < -0.3 is 19.5 Å². The van der Waals surface area contributed by atoms with Gasteiger partial charge in [-0.15, -0.1) is 0 Å². The van der Waals surface area contributed by atoms with Gasteiger partial charge in [0.1, 0.15) is 18.0 Å². The Labute approximate surface area is 192 Å². The molecule has 0 radical (unpaired) electrons. The molecule has 0 fully saturated rings. The SMILES string of the molecule is COc1ccnc(C(=O)N[C@@H](C)C(=O)O[C@@H](C)[C@H](C)c2c(C)cc(F)cc2C)c1OC(C)=O. The minimum Gasteiger partial charge on any atom is -0.493 e. The number of hydrogen-bond donors (Lipinski definition) is 1. The van der Waals surface area contributed by atoms with Crippen molar-refractivity contribution < 1.29 is 33.0 Å². The van der Waals surface area contributed by atoms with Gasteiger partial charge in [-0.1, -0.05) is 6.92 Å². The van der Waals surface area contributed by atoms with Gasteiger partial charge in [0, 0.05) is 25.1 Å². The number of nitrogens with zero attached hydrogens (tertiary/aromatic N) is 1. The standard InChI is InChI=1S/C24H29FN2O6/c1-12-10-18(25)11-13(2)20(12)14(3)16(5)32-24(30)15(4)27-23(29)21-22(33-17(6)28)19(31-7)8-9-26-21/h8-11,14-16H,1-7H3,(H,27,29)/t14-,15-,16-/m0/s1. The van der Waals surface area contributed by atoms with E-state index in [0.29, 0.717) is 0 Å². The van der Waals surface area contributed by atoms with E-state index < -0.39 is 30.0 Å². The number of rotatable bonds is 8. The Balaban J connectivity index is 2.12. The van der Waals surface area contributed by atoms with Crippen LogP contribution in [-0.4, -0.2) is 42.1 Å². The maximum atomic E-state index is 13.6. The highest BCUT2D eigenvalue weighted by atomic mass is 19.1. The number of esters is 2. The third-order valence-corrected chi connectivity index (χ3v) is 5.27. The molecule has 0 aliphatic heterocycles. The first kappa shape index (κ1) is 25.8. The third-order valence-electron chi connectivity index (χ3n) is 5.27. The predicted octanol–water partition coefficient (Wildman–Crippen LogP) is 3.63. The van der Waals surface area contributed by atoms with Crippen LogP contribution in [0.15, 0.2) is 24.4 Å². The molecule has 1 N–H and O–H groups in total. The van der Waals surface area contributed by atoms with Gasteiger partial charge in [0.25, 0.3) is 5.91 Å². The molecule has 1 aromatic carbocycles. The Kier molecular flexibility index (Phi) is 8.50. The molecule has 1 heterocycles. The lowest BCUT2D eigenvalue weighted by Gasteiger charge is -2.25. The van der Waals surface area contributed by atoms with Crippen LogP contribution >= 0.6 is 0 Å². The highest BCUT2D eigenvalue weighted by Crippen LogP contribution is 2.30. The number of hydrogen-bond acceptors (Lipinski definition) is 7. The molecule has 2 aromatic rings. The minimum absolute atomic E-state index is 0.144. The van der Waals surface area contributed by atoms with Crippen LogP contribution < -0.4 is 14.8 Å². The molecule has 0 saturated carbocycles. The second kappa shape index (κ2) is 10.9. The number of benzene rings is 1. The molecule has 2 rings (SSSR count). The number of methoxy groups -OCH3 is 1. The Hall–Kier alpha value is -3.49. The van der Waals surface area contributed by atoms with Crippen molar-refractivity contribution in [3.05, 3.63) is 52.6 Å². The average molecular weight is 461 g/mol. The van der Waals surface area contributed by atoms with Gasteiger partial charge in [-0.3, -0.25) is 9.59 Å². The van der Waals surface area contributed by atoms with E-state index in [1.807, 2.05) is 6.92 Å². The van der Waals surface area contributed by atoms with Crippen LogP contribution in [0.3, 0.4) is 0 Å². The zero-order valence-corrected chi connectivity index (χ0v) is 19.8. The van der Waals surface area contributed by atoms with Crippen molar-refractivity contribution in [3.8, 4) is 11.5 Å². The summed E-state index contributed by atoms with van der Waals surface area (Å²) in [5.41, 5.74) is 2.24. The van der Waals surface area contributed by atoms with Gasteiger partial charge in [-0.2, -0.15) is 0 Å². The zero-order chi connectivity index (χ0) is 24.9. The van der Waals surface area contributed by atoms with Crippen molar-refractivity contribution in [2.45, 2.75) is 59.6 Å². The fourth-order valence-corrected chi connectivity index (χ4v) is 3.58. The van der Waals surface area contributed by atoms with Crippen LogP contribution in [0, 0.1) is 19.7 Å². The fourth-order valence-electron chi connectivity index (χ4n) is 3.58. The molecule has 178 valence electrons. The largest absolute Gasteiger partial charge is 0.493 e. The van der Waals surface area contributed by atoms with Crippen LogP contribution in [0.2, 0.25) is 0 Å². The van der Waals surface area contributed by atoms with E-state index in [1.165, 1.54) is 45.4 Å². The molecule has 0 spiro atoms. The second-order valence-electron chi connectivity index (χ2n) is 7.86. The van der Waals surface area contributed by atoms with Crippen molar-refractivity contribution in [2.75, 3.05) is 7.11 Å². The van der Waals surface area contributed by atoms with Crippen molar-refractivity contribution in [2.24, 2.45) is 0 Å². The first-order valence-corrected chi connectivity index (χ1v) is 10.5. The molecule has 0 aliphatic carbocycles. The summed E-state index contributed by atoms with van der Waals surface area (Å²) >= 11 is 0. The number of amides is 1. The van der Waals surface area contributed by atoms with E-state index in [9.17, 15) is 18.8 Å². The number of aryl methyl sites for hydroxylation is 2. The van der Waals surface area contributed by atoms with Crippen LogP contribution in [0.25, 0.3) is 0 Å². The number of halogens is 1. The number of carbonyl (C=O) groups excluding carboxylic acids is 3. The molecule has 33 heavy (non-hydrogen) atoms. The number of nitrogens with one attached hydrogen (secondary N) is 1. The quantitative estimate of drug-likeness (QED) is 0.600. The molecule has 0 bridgehead atoms. The van der Waals surface area contributed by atoms with Crippen molar-refractivity contribution >= 4 is 17.8 Å².